The van der Waals surface area contributed by atoms with Crippen LogP contribution in [0.25, 0.3) is 10.4 Å². The summed E-state index contributed by atoms with van der Waals surface area (Å²) in [5.74, 6) is 0.177. The summed E-state index contributed by atoms with van der Waals surface area (Å²) in [6.07, 6.45) is 0. The fourth-order valence-corrected chi connectivity index (χ4v) is 1.15. The second kappa shape index (κ2) is 3.45. The van der Waals surface area contributed by atoms with E-state index in [0.717, 1.165) is 0 Å². The van der Waals surface area contributed by atoms with Crippen molar-refractivity contribution >= 4 is 5.91 Å². The summed E-state index contributed by atoms with van der Waals surface area (Å²) in [5, 5.41) is 3.51. The molecule has 1 heterocycles. The van der Waals surface area contributed by atoms with Crippen molar-refractivity contribution < 1.29 is 4.79 Å². The van der Waals surface area contributed by atoms with Gasteiger partial charge in [0.05, 0.1) is 6.04 Å². The highest BCUT2D eigenvalue weighted by Gasteiger charge is 2.30. The molecule has 12 heavy (non-hydrogen) atoms. The fourth-order valence-electron chi connectivity index (χ4n) is 1.15. The van der Waals surface area contributed by atoms with Gasteiger partial charge in [-0.25, -0.2) is 0 Å². The van der Waals surface area contributed by atoms with E-state index in [2.05, 4.69) is 10.0 Å². The van der Waals surface area contributed by atoms with E-state index in [4.69, 9.17) is 5.53 Å². The topological polar surface area (TPSA) is 69.1 Å². The van der Waals surface area contributed by atoms with Crippen LogP contribution >= 0.6 is 0 Å². The van der Waals surface area contributed by atoms with Crippen LogP contribution in [0.15, 0.2) is 5.11 Å². The van der Waals surface area contributed by atoms with E-state index in [1.807, 2.05) is 13.8 Å². The van der Waals surface area contributed by atoms with Gasteiger partial charge < -0.3 is 4.90 Å². The molecule has 0 bridgehead atoms. The molecule has 0 unspecified atom stereocenters. The minimum atomic E-state index is -0.00213. The standard InChI is InChI=1S/C7H12N4O/c1-5(2)7(12)11-3-6(4-11)9-10-8/h5-6H,3-4H2,1-2H3. The first-order valence-electron chi connectivity index (χ1n) is 3.98. The summed E-state index contributed by atoms with van der Waals surface area (Å²) < 4.78 is 0. The summed E-state index contributed by atoms with van der Waals surface area (Å²) in [5.41, 5.74) is 8.09. The first-order chi connectivity index (χ1) is 5.65. The Balaban J connectivity index is 2.34. The van der Waals surface area contributed by atoms with Crippen LogP contribution in [0.2, 0.25) is 0 Å². The van der Waals surface area contributed by atoms with Gasteiger partial charge in [0.2, 0.25) is 5.91 Å². The number of hydrogen-bond donors (Lipinski definition) is 0. The van der Waals surface area contributed by atoms with Gasteiger partial charge >= 0.3 is 0 Å². The van der Waals surface area contributed by atoms with Crippen LogP contribution < -0.4 is 0 Å². The van der Waals surface area contributed by atoms with E-state index in [1.165, 1.54) is 0 Å². The van der Waals surface area contributed by atoms with E-state index in [1.54, 1.807) is 4.90 Å². The molecule has 66 valence electrons. The second-order valence-corrected chi connectivity index (χ2v) is 3.26. The molecule has 5 heteroatoms. The lowest BCUT2D eigenvalue weighted by atomic mass is 10.1. The van der Waals surface area contributed by atoms with Crippen LogP contribution in [-0.2, 0) is 4.79 Å². The van der Waals surface area contributed by atoms with Crippen LogP contribution in [0.3, 0.4) is 0 Å². The van der Waals surface area contributed by atoms with Crippen molar-refractivity contribution in [1.82, 2.24) is 4.90 Å². The van der Waals surface area contributed by atoms with E-state index in [0.29, 0.717) is 13.1 Å². The zero-order valence-corrected chi connectivity index (χ0v) is 7.27. The monoisotopic (exact) mass is 168 g/mol. The van der Waals surface area contributed by atoms with Crippen molar-refractivity contribution in [1.29, 1.82) is 0 Å². The first-order valence-corrected chi connectivity index (χ1v) is 3.98. The summed E-state index contributed by atoms with van der Waals surface area (Å²) in [6, 6.07) is -0.00213. The smallest absolute Gasteiger partial charge is 0.225 e. The molecule has 0 radical (unpaired) electrons. The van der Waals surface area contributed by atoms with Gasteiger partial charge in [-0.15, -0.1) is 0 Å². The Hall–Kier alpha value is -1.22. The quantitative estimate of drug-likeness (QED) is 0.346. The maximum absolute atomic E-state index is 11.3. The van der Waals surface area contributed by atoms with Crippen molar-refractivity contribution in [3.8, 4) is 0 Å². The first kappa shape index (κ1) is 8.87. The Labute approximate surface area is 71.0 Å². The number of azide groups is 1. The van der Waals surface area contributed by atoms with E-state index >= 15 is 0 Å². The van der Waals surface area contributed by atoms with Crippen LogP contribution in [-0.4, -0.2) is 29.9 Å². The molecular formula is C7H12N4O. The van der Waals surface area contributed by atoms with Crippen LogP contribution in [0.1, 0.15) is 13.8 Å². The molecule has 0 atom stereocenters. The van der Waals surface area contributed by atoms with E-state index in [9.17, 15) is 4.79 Å². The molecule has 1 amide bonds. The summed E-state index contributed by atoms with van der Waals surface area (Å²) >= 11 is 0. The Bertz CT molecular complexity index is 226. The molecule has 0 spiro atoms. The maximum Gasteiger partial charge on any atom is 0.225 e. The third-order valence-corrected chi connectivity index (χ3v) is 1.88. The number of carbonyl (C=O) groups excluding carboxylic acids is 1. The molecule has 1 fully saturated rings. The van der Waals surface area contributed by atoms with Gasteiger partial charge in [-0.1, -0.05) is 19.0 Å². The summed E-state index contributed by atoms with van der Waals surface area (Å²) in [6.45, 7) is 4.90. The van der Waals surface area contributed by atoms with E-state index < -0.39 is 0 Å². The molecule has 0 aliphatic carbocycles. The highest BCUT2D eigenvalue weighted by Crippen LogP contribution is 2.14. The maximum atomic E-state index is 11.3. The average Bonchev–Trinajstić information content (AvgIpc) is 1.94. The van der Waals surface area contributed by atoms with Crippen molar-refractivity contribution in [3.05, 3.63) is 10.4 Å². The van der Waals surface area contributed by atoms with Crippen molar-refractivity contribution in [2.24, 2.45) is 11.0 Å². The van der Waals surface area contributed by atoms with Crippen LogP contribution in [0.4, 0.5) is 0 Å². The predicted octanol–water partition coefficient (Wildman–Crippen LogP) is 1.16. The molecule has 0 saturated carbocycles. The molecule has 1 rings (SSSR count). The lowest BCUT2D eigenvalue weighted by molar-refractivity contribution is -0.138. The predicted molar refractivity (Wildman–Crippen MR) is 44.4 cm³/mol. The molecule has 1 aliphatic heterocycles. The third kappa shape index (κ3) is 1.68. The Kier molecular flexibility index (Phi) is 2.55. The molecule has 0 aromatic rings. The van der Waals surface area contributed by atoms with Gasteiger partial charge in [0.1, 0.15) is 0 Å². The Morgan fingerprint density at radius 1 is 1.67 bits per heavy atom. The Morgan fingerprint density at radius 3 is 2.67 bits per heavy atom. The number of rotatable bonds is 2. The zero-order chi connectivity index (χ0) is 9.14. The van der Waals surface area contributed by atoms with Crippen molar-refractivity contribution in [2.45, 2.75) is 19.9 Å². The lowest BCUT2D eigenvalue weighted by Gasteiger charge is -2.37. The number of amides is 1. The Morgan fingerprint density at radius 2 is 2.25 bits per heavy atom. The van der Waals surface area contributed by atoms with Crippen molar-refractivity contribution in [2.75, 3.05) is 13.1 Å². The van der Waals surface area contributed by atoms with Crippen LogP contribution in [0, 0.1) is 5.92 Å². The minimum absolute atomic E-state index is 0.00213. The van der Waals surface area contributed by atoms with Crippen molar-refractivity contribution in [3.63, 3.8) is 0 Å². The lowest BCUT2D eigenvalue weighted by Crippen LogP contribution is -2.53. The highest BCUT2D eigenvalue weighted by molar-refractivity contribution is 5.79. The van der Waals surface area contributed by atoms with Gasteiger partial charge in [-0.05, 0) is 5.53 Å². The van der Waals surface area contributed by atoms with Gasteiger partial charge in [0.25, 0.3) is 0 Å². The summed E-state index contributed by atoms with van der Waals surface area (Å²) in [7, 11) is 0. The molecule has 0 N–H and O–H groups in total. The zero-order valence-electron chi connectivity index (χ0n) is 7.27. The largest absolute Gasteiger partial charge is 0.342 e. The van der Waals surface area contributed by atoms with Gasteiger partial charge in [0, 0.05) is 23.9 Å². The third-order valence-electron chi connectivity index (χ3n) is 1.88. The molecule has 0 aromatic carbocycles. The average molecular weight is 168 g/mol. The highest BCUT2D eigenvalue weighted by atomic mass is 16.2. The number of carbonyl (C=O) groups is 1. The van der Waals surface area contributed by atoms with E-state index in [-0.39, 0.29) is 17.9 Å². The SMILES string of the molecule is CC(C)C(=O)N1CC(N=[N+]=[N-])C1. The molecule has 1 saturated heterocycles. The second-order valence-electron chi connectivity index (χ2n) is 3.26. The molecular weight excluding hydrogens is 156 g/mol. The number of nitrogens with zero attached hydrogens (tertiary/aromatic N) is 4. The minimum Gasteiger partial charge on any atom is -0.342 e. The molecule has 5 nitrogen and oxygen atoms in total. The molecule has 1 aliphatic rings. The number of hydrogen-bond acceptors (Lipinski definition) is 2. The van der Waals surface area contributed by atoms with Gasteiger partial charge in [-0.3, -0.25) is 4.79 Å². The normalized spacial score (nSPS) is 17.1. The van der Waals surface area contributed by atoms with Crippen LogP contribution in [0.5, 0.6) is 0 Å². The van der Waals surface area contributed by atoms with Gasteiger partial charge in [-0.2, -0.15) is 0 Å². The molecule has 0 aromatic heterocycles. The number of likely N-dealkylation sites (tertiary alicyclic amines) is 1. The fraction of sp³-hybridized carbons (Fsp3) is 0.857. The summed E-state index contributed by atoms with van der Waals surface area (Å²) in [4.78, 5) is 15.7. The van der Waals surface area contributed by atoms with Gasteiger partial charge in [0.15, 0.2) is 0 Å².